The Hall–Kier alpha value is -1.16. The summed E-state index contributed by atoms with van der Waals surface area (Å²) >= 11 is 1.77. The summed E-state index contributed by atoms with van der Waals surface area (Å²) < 4.78 is 0. The van der Waals surface area contributed by atoms with Crippen molar-refractivity contribution in [3.05, 3.63) is 57.8 Å². The molecule has 0 atom stereocenters. The zero-order valence-electron chi connectivity index (χ0n) is 17.6. The van der Waals surface area contributed by atoms with Gasteiger partial charge in [-0.1, -0.05) is 37.3 Å². The Labute approximate surface area is 196 Å². The second kappa shape index (κ2) is 13.2. The SMILES string of the molecule is CCNC(=NCc1ccccc1CN1CCN(CC)CC1)NCc1cccs1.I. The standard InChI is InChI=1S/C22H33N5S.HI/c1-3-23-22(25-17-21-10-7-15-28-21)24-16-19-8-5-6-9-20(19)18-27-13-11-26(4-2)12-14-27;/h5-10,15H,3-4,11-14,16-18H2,1-2H3,(H2,23,24,25);1H. The van der Waals surface area contributed by atoms with Crippen molar-refractivity contribution in [1.29, 1.82) is 0 Å². The van der Waals surface area contributed by atoms with Gasteiger partial charge in [-0.2, -0.15) is 0 Å². The highest BCUT2D eigenvalue weighted by molar-refractivity contribution is 14.0. The number of hydrogen-bond acceptors (Lipinski definition) is 4. The zero-order valence-corrected chi connectivity index (χ0v) is 20.7. The molecule has 2 N–H and O–H groups in total. The second-order valence-corrected chi connectivity index (χ2v) is 8.14. The van der Waals surface area contributed by atoms with Crippen molar-refractivity contribution in [2.75, 3.05) is 39.3 Å². The molecule has 0 unspecified atom stereocenters. The number of halogens is 1. The fourth-order valence-electron chi connectivity index (χ4n) is 3.46. The van der Waals surface area contributed by atoms with Crippen LogP contribution in [-0.4, -0.2) is 55.0 Å². The van der Waals surface area contributed by atoms with Crippen LogP contribution in [0.2, 0.25) is 0 Å². The summed E-state index contributed by atoms with van der Waals surface area (Å²) in [5.41, 5.74) is 2.71. The Morgan fingerprint density at radius 3 is 2.34 bits per heavy atom. The lowest BCUT2D eigenvalue weighted by Crippen LogP contribution is -2.45. The molecule has 160 valence electrons. The summed E-state index contributed by atoms with van der Waals surface area (Å²) in [6.07, 6.45) is 0. The molecule has 0 spiro atoms. The van der Waals surface area contributed by atoms with Gasteiger partial charge in [0.1, 0.15) is 0 Å². The fourth-order valence-corrected chi connectivity index (χ4v) is 4.11. The molecule has 1 aromatic carbocycles. The lowest BCUT2D eigenvalue weighted by molar-refractivity contribution is 0.131. The Kier molecular flexibility index (Phi) is 11.0. The smallest absolute Gasteiger partial charge is 0.191 e. The van der Waals surface area contributed by atoms with Crippen LogP contribution in [0.25, 0.3) is 0 Å². The molecule has 2 heterocycles. The molecule has 0 bridgehead atoms. The predicted octanol–water partition coefficient (Wildman–Crippen LogP) is 3.76. The van der Waals surface area contributed by atoms with Crippen molar-refractivity contribution in [2.24, 2.45) is 4.99 Å². The number of likely N-dealkylation sites (N-methyl/N-ethyl adjacent to an activating group) is 1. The van der Waals surface area contributed by atoms with Crippen molar-refractivity contribution in [3.63, 3.8) is 0 Å². The minimum absolute atomic E-state index is 0. The highest BCUT2D eigenvalue weighted by atomic mass is 127. The van der Waals surface area contributed by atoms with E-state index in [1.165, 1.54) is 29.1 Å². The Morgan fingerprint density at radius 2 is 1.69 bits per heavy atom. The van der Waals surface area contributed by atoms with E-state index in [-0.39, 0.29) is 24.0 Å². The minimum atomic E-state index is 0. The number of hydrogen-bond donors (Lipinski definition) is 2. The average molecular weight is 528 g/mol. The number of piperazine rings is 1. The summed E-state index contributed by atoms with van der Waals surface area (Å²) in [6, 6.07) is 13.0. The van der Waals surface area contributed by atoms with Gasteiger partial charge in [-0.05, 0) is 36.0 Å². The zero-order chi connectivity index (χ0) is 19.6. The van der Waals surface area contributed by atoms with Crippen LogP contribution in [0, 0.1) is 0 Å². The third-order valence-electron chi connectivity index (χ3n) is 5.19. The molecule has 7 heteroatoms. The normalized spacial score (nSPS) is 15.7. The molecule has 3 rings (SSSR count). The quantitative estimate of drug-likeness (QED) is 0.312. The van der Waals surface area contributed by atoms with E-state index in [4.69, 9.17) is 4.99 Å². The number of rotatable bonds is 8. The van der Waals surface area contributed by atoms with E-state index >= 15 is 0 Å². The van der Waals surface area contributed by atoms with Crippen LogP contribution in [0.3, 0.4) is 0 Å². The Balaban J connectivity index is 0.00000300. The third kappa shape index (κ3) is 7.88. The molecule has 0 saturated carbocycles. The summed E-state index contributed by atoms with van der Waals surface area (Å²) in [4.78, 5) is 11.2. The molecule has 2 aromatic rings. The minimum Gasteiger partial charge on any atom is -0.357 e. The number of nitrogens with zero attached hydrogens (tertiary/aromatic N) is 3. The number of benzene rings is 1. The van der Waals surface area contributed by atoms with Crippen LogP contribution in [0.5, 0.6) is 0 Å². The molecule has 0 aliphatic carbocycles. The third-order valence-corrected chi connectivity index (χ3v) is 6.06. The number of aliphatic imine (C=N–C) groups is 1. The van der Waals surface area contributed by atoms with Crippen LogP contribution >= 0.6 is 35.3 Å². The summed E-state index contributed by atoms with van der Waals surface area (Å²) in [5, 5.41) is 8.90. The first kappa shape index (κ1) is 24.1. The number of guanidine groups is 1. The molecule has 1 aliphatic heterocycles. The van der Waals surface area contributed by atoms with Gasteiger partial charge >= 0.3 is 0 Å². The van der Waals surface area contributed by atoms with E-state index in [2.05, 4.69) is 76.1 Å². The van der Waals surface area contributed by atoms with Crippen molar-refractivity contribution >= 4 is 41.3 Å². The molecule has 1 aromatic heterocycles. The summed E-state index contributed by atoms with van der Waals surface area (Å²) in [7, 11) is 0. The first-order chi connectivity index (χ1) is 13.8. The van der Waals surface area contributed by atoms with Gasteiger partial charge in [-0.15, -0.1) is 35.3 Å². The highest BCUT2D eigenvalue weighted by Gasteiger charge is 2.16. The second-order valence-electron chi connectivity index (χ2n) is 7.11. The first-order valence-electron chi connectivity index (χ1n) is 10.3. The van der Waals surface area contributed by atoms with E-state index in [0.29, 0.717) is 6.54 Å². The molecule has 1 fully saturated rings. The van der Waals surface area contributed by atoms with E-state index < -0.39 is 0 Å². The van der Waals surface area contributed by atoms with Gasteiger partial charge in [0.25, 0.3) is 0 Å². The van der Waals surface area contributed by atoms with E-state index in [1.807, 2.05) is 0 Å². The first-order valence-corrected chi connectivity index (χ1v) is 11.2. The van der Waals surface area contributed by atoms with Gasteiger partial charge in [-0.25, -0.2) is 4.99 Å². The van der Waals surface area contributed by atoms with E-state index in [0.717, 1.165) is 45.2 Å². The number of nitrogens with one attached hydrogen (secondary N) is 2. The summed E-state index contributed by atoms with van der Waals surface area (Å²) in [6.45, 7) is 13.5. The van der Waals surface area contributed by atoms with Crippen molar-refractivity contribution in [2.45, 2.75) is 33.5 Å². The van der Waals surface area contributed by atoms with Crippen LogP contribution < -0.4 is 10.6 Å². The van der Waals surface area contributed by atoms with Crippen LogP contribution in [0.15, 0.2) is 46.8 Å². The van der Waals surface area contributed by atoms with Gasteiger partial charge in [0, 0.05) is 44.1 Å². The maximum atomic E-state index is 4.83. The van der Waals surface area contributed by atoms with Crippen LogP contribution in [0.4, 0.5) is 0 Å². The molecule has 5 nitrogen and oxygen atoms in total. The van der Waals surface area contributed by atoms with E-state index in [1.54, 1.807) is 11.3 Å². The molecular formula is C22H34IN5S. The van der Waals surface area contributed by atoms with Gasteiger partial charge in [0.2, 0.25) is 0 Å². The Morgan fingerprint density at radius 1 is 0.966 bits per heavy atom. The molecule has 29 heavy (non-hydrogen) atoms. The largest absolute Gasteiger partial charge is 0.357 e. The number of thiophene rings is 1. The van der Waals surface area contributed by atoms with Crippen LogP contribution in [0.1, 0.15) is 29.9 Å². The maximum Gasteiger partial charge on any atom is 0.191 e. The van der Waals surface area contributed by atoms with Gasteiger partial charge in [-0.3, -0.25) is 4.90 Å². The van der Waals surface area contributed by atoms with Gasteiger partial charge in [0.05, 0.1) is 13.1 Å². The lowest BCUT2D eigenvalue weighted by Gasteiger charge is -2.34. The molecule has 1 saturated heterocycles. The van der Waals surface area contributed by atoms with Crippen molar-refractivity contribution in [1.82, 2.24) is 20.4 Å². The molecule has 1 aliphatic rings. The van der Waals surface area contributed by atoms with Gasteiger partial charge < -0.3 is 15.5 Å². The van der Waals surface area contributed by atoms with Crippen molar-refractivity contribution in [3.8, 4) is 0 Å². The molecule has 0 amide bonds. The lowest BCUT2D eigenvalue weighted by atomic mass is 10.1. The highest BCUT2D eigenvalue weighted by Crippen LogP contribution is 2.15. The summed E-state index contributed by atoms with van der Waals surface area (Å²) in [5.74, 6) is 0.877. The average Bonchev–Trinajstić information content (AvgIpc) is 3.25. The topological polar surface area (TPSA) is 42.9 Å². The Bertz CT molecular complexity index is 727. The predicted molar refractivity (Wildman–Crippen MR) is 135 cm³/mol. The van der Waals surface area contributed by atoms with Crippen LogP contribution in [-0.2, 0) is 19.6 Å². The molecular weight excluding hydrogens is 493 g/mol. The fraction of sp³-hybridized carbons (Fsp3) is 0.500. The van der Waals surface area contributed by atoms with Crippen molar-refractivity contribution < 1.29 is 0 Å². The van der Waals surface area contributed by atoms with E-state index in [9.17, 15) is 0 Å². The van der Waals surface area contributed by atoms with Gasteiger partial charge in [0.15, 0.2) is 5.96 Å². The molecule has 0 radical (unpaired) electrons. The monoisotopic (exact) mass is 527 g/mol. The maximum absolute atomic E-state index is 4.83.